The fourth-order valence-corrected chi connectivity index (χ4v) is 6.78. The molecule has 7 rings (SSSR count). The third-order valence-corrected chi connectivity index (χ3v) is 9.19. The summed E-state index contributed by atoms with van der Waals surface area (Å²) in [5.41, 5.74) is 13.2. The van der Waals surface area contributed by atoms with Gasteiger partial charge in [0.25, 0.3) is 0 Å². The number of hydrogen-bond acceptors (Lipinski definition) is 3. The van der Waals surface area contributed by atoms with Crippen molar-refractivity contribution in [1.82, 2.24) is 14.5 Å². The summed E-state index contributed by atoms with van der Waals surface area (Å²) in [4.78, 5) is 10.2. The molecule has 1 N–H and O–H groups in total. The first-order chi connectivity index (χ1) is 22.8. The molecule has 0 aliphatic heterocycles. The minimum atomic E-state index is -0.0907. The summed E-state index contributed by atoms with van der Waals surface area (Å²) in [6, 6.07) is 37.2. The third-order valence-electron chi connectivity index (χ3n) is 9.19. The number of hydrogen-bond donors (Lipinski definition) is 1. The first-order valence-electron chi connectivity index (χ1n) is 16.6. The summed E-state index contributed by atoms with van der Waals surface area (Å²) in [6.07, 6.45) is 1.93. The fraction of sp³-hybridized carbons (Fsp3) is 0.227. The molecule has 250 valence electrons. The number of rotatable bonds is 4. The predicted octanol–water partition coefficient (Wildman–Crippen LogP) is 11.3. The van der Waals surface area contributed by atoms with E-state index < -0.39 is 0 Å². The smallest absolute Gasteiger partial charge is 0.148 e. The van der Waals surface area contributed by atoms with Crippen LogP contribution >= 0.6 is 0 Å². The van der Waals surface area contributed by atoms with Crippen molar-refractivity contribution < 1.29 is 26.2 Å². The van der Waals surface area contributed by atoms with E-state index in [0.29, 0.717) is 11.4 Å². The van der Waals surface area contributed by atoms with Gasteiger partial charge in [-0.25, -0.2) is 4.98 Å². The Kier molecular flexibility index (Phi) is 8.92. The third kappa shape index (κ3) is 6.35. The molecule has 0 radical (unpaired) electrons. The van der Waals surface area contributed by atoms with Crippen LogP contribution in [0.2, 0.25) is 0 Å². The molecule has 5 heteroatoms. The molecule has 0 amide bonds. The van der Waals surface area contributed by atoms with E-state index in [1.807, 2.05) is 30.5 Å². The van der Waals surface area contributed by atoms with Crippen molar-refractivity contribution in [2.45, 2.75) is 66.2 Å². The molecular weight excluding hydrogens is 782 g/mol. The monoisotopic (exact) mass is 823 g/mol. The standard InChI is InChI=1S/C44H42N3O.Pt/c1-27-21-29(25-30(22-27)34-23-28(2)24-35-37(44(6,7)8)19-20-45-40(34)35)33-15-12-16-38-41(33)46-42(47(38)32-13-10-9-11-14-32)36-26-31(43(3,4)5)17-18-39(36)48;/h9-24,26,48H,1-8H3;/q-1;. The Labute approximate surface area is 304 Å². The van der Waals surface area contributed by atoms with E-state index in [9.17, 15) is 5.11 Å². The van der Waals surface area contributed by atoms with Gasteiger partial charge in [-0.3, -0.25) is 9.55 Å². The van der Waals surface area contributed by atoms with E-state index in [4.69, 9.17) is 9.97 Å². The van der Waals surface area contributed by atoms with Crippen molar-refractivity contribution in [1.29, 1.82) is 0 Å². The zero-order valence-corrected chi connectivity index (χ0v) is 31.7. The number of imidazole rings is 1. The second-order valence-corrected chi connectivity index (χ2v) is 15.1. The second-order valence-electron chi connectivity index (χ2n) is 15.1. The largest absolute Gasteiger partial charge is 0.507 e. The van der Waals surface area contributed by atoms with Crippen LogP contribution in [0, 0.1) is 19.9 Å². The molecule has 0 unspecified atom stereocenters. The maximum absolute atomic E-state index is 11.2. The van der Waals surface area contributed by atoms with Crippen molar-refractivity contribution >= 4 is 21.9 Å². The number of pyridine rings is 1. The summed E-state index contributed by atoms with van der Waals surface area (Å²) in [6.45, 7) is 17.6. The number of para-hydroxylation sites is 2. The van der Waals surface area contributed by atoms with E-state index in [-0.39, 0.29) is 37.6 Å². The molecule has 5 aromatic carbocycles. The van der Waals surface area contributed by atoms with Crippen LogP contribution < -0.4 is 0 Å². The van der Waals surface area contributed by atoms with Crippen LogP contribution in [0.4, 0.5) is 0 Å². The summed E-state index contributed by atoms with van der Waals surface area (Å²) in [5, 5.41) is 12.4. The molecule has 2 heterocycles. The summed E-state index contributed by atoms with van der Waals surface area (Å²) < 4.78 is 2.16. The molecule has 0 spiro atoms. The van der Waals surface area contributed by atoms with E-state index >= 15 is 0 Å². The Morgan fingerprint density at radius 3 is 2.04 bits per heavy atom. The van der Waals surface area contributed by atoms with Crippen molar-refractivity contribution in [3.05, 3.63) is 132 Å². The van der Waals surface area contributed by atoms with E-state index in [0.717, 1.165) is 55.6 Å². The van der Waals surface area contributed by atoms with Gasteiger partial charge in [0.05, 0.1) is 16.6 Å². The topological polar surface area (TPSA) is 50.9 Å². The van der Waals surface area contributed by atoms with Crippen LogP contribution in [-0.4, -0.2) is 19.6 Å². The minimum absolute atomic E-state index is 0. The van der Waals surface area contributed by atoms with Gasteiger partial charge in [-0.05, 0) is 70.7 Å². The molecule has 49 heavy (non-hydrogen) atoms. The van der Waals surface area contributed by atoms with Crippen LogP contribution in [0.15, 0.2) is 103 Å². The number of aromatic hydroxyl groups is 1. The molecule has 2 aromatic heterocycles. The van der Waals surface area contributed by atoms with Gasteiger partial charge in [0.1, 0.15) is 11.6 Å². The fourth-order valence-electron chi connectivity index (χ4n) is 6.78. The van der Waals surface area contributed by atoms with E-state index in [1.165, 1.54) is 16.5 Å². The zero-order chi connectivity index (χ0) is 34.0. The molecule has 0 fully saturated rings. The Bertz CT molecular complexity index is 2340. The number of fused-ring (bicyclic) bond motifs is 2. The van der Waals surface area contributed by atoms with Crippen LogP contribution in [0.3, 0.4) is 0 Å². The molecule has 0 aliphatic rings. The maximum Gasteiger partial charge on any atom is 0.148 e. The van der Waals surface area contributed by atoms with E-state index in [1.54, 1.807) is 6.07 Å². The second kappa shape index (κ2) is 12.7. The molecule has 0 saturated carbocycles. The van der Waals surface area contributed by atoms with Crippen LogP contribution in [0.1, 0.15) is 63.8 Å². The predicted molar refractivity (Wildman–Crippen MR) is 200 cm³/mol. The molecule has 0 saturated heterocycles. The first-order valence-corrected chi connectivity index (χ1v) is 16.6. The number of phenolic OH excluding ortho intramolecular Hbond substituents is 1. The van der Waals surface area contributed by atoms with Crippen LogP contribution in [0.25, 0.3) is 61.3 Å². The average Bonchev–Trinajstić information content (AvgIpc) is 3.43. The van der Waals surface area contributed by atoms with Gasteiger partial charge in [-0.15, -0.1) is 34.9 Å². The number of nitrogens with zero attached hydrogens (tertiary/aromatic N) is 3. The summed E-state index contributed by atoms with van der Waals surface area (Å²) >= 11 is 0. The van der Waals surface area contributed by atoms with Crippen molar-refractivity contribution in [2.75, 3.05) is 0 Å². The zero-order valence-electron chi connectivity index (χ0n) is 29.4. The molecule has 7 aromatic rings. The van der Waals surface area contributed by atoms with E-state index in [2.05, 4.69) is 133 Å². The van der Waals surface area contributed by atoms with Crippen molar-refractivity contribution in [2.24, 2.45) is 0 Å². The first kappa shape index (κ1) is 34.3. The normalized spacial score (nSPS) is 12.0. The number of phenols is 1. The molecule has 0 aliphatic carbocycles. The van der Waals surface area contributed by atoms with Gasteiger partial charge in [0.2, 0.25) is 0 Å². The molecular formula is C44H42N3OPt-. The minimum Gasteiger partial charge on any atom is -0.507 e. The van der Waals surface area contributed by atoms with Crippen molar-refractivity contribution in [3.8, 4) is 45.1 Å². The Hall–Kier alpha value is -4.53. The molecule has 0 atom stereocenters. The summed E-state index contributed by atoms with van der Waals surface area (Å²) in [5.74, 6) is 0.901. The van der Waals surface area contributed by atoms with Gasteiger partial charge in [-0.1, -0.05) is 114 Å². The van der Waals surface area contributed by atoms with Crippen LogP contribution in [-0.2, 0) is 31.9 Å². The molecule has 4 nitrogen and oxygen atoms in total. The Morgan fingerprint density at radius 2 is 1.35 bits per heavy atom. The Morgan fingerprint density at radius 1 is 0.653 bits per heavy atom. The van der Waals surface area contributed by atoms with Gasteiger partial charge < -0.3 is 5.11 Å². The molecule has 0 bridgehead atoms. The average molecular weight is 824 g/mol. The number of aryl methyl sites for hydroxylation is 2. The summed E-state index contributed by atoms with van der Waals surface area (Å²) in [7, 11) is 0. The van der Waals surface area contributed by atoms with Gasteiger partial charge in [-0.2, -0.15) is 0 Å². The van der Waals surface area contributed by atoms with Crippen LogP contribution in [0.5, 0.6) is 5.75 Å². The van der Waals surface area contributed by atoms with Gasteiger partial charge in [0, 0.05) is 38.5 Å². The quantitative estimate of drug-likeness (QED) is 0.180. The van der Waals surface area contributed by atoms with Gasteiger partial charge in [0.15, 0.2) is 0 Å². The van der Waals surface area contributed by atoms with Crippen molar-refractivity contribution in [3.63, 3.8) is 0 Å². The number of benzene rings is 5. The Balaban J connectivity index is 0.00000417. The van der Waals surface area contributed by atoms with Gasteiger partial charge >= 0.3 is 0 Å². The maximum atomic E-state index is 11.2. The SMILES string of the molecule is Cc1cc(-c2cc(C)cc3c(C(C)(C)C)ccnc23)[c-]c(-c2cccc3c2nc(-c2cc(C(C)(C)C)ccc2O)n3-c2ccccc2)c1.[Pt]. The number of aromatic nitrogens is 3.